The minimum Gasteiger partial charge on any atom is -0.356 e. The van der Waals surface area contributed by atoms with Crippen molar-refractivity contribution >= 4 is 5.91 Å². The van der Waals surface area contributed by atoms with E-state index in [1.807, 2.05) is 6.92 Å². The van der Waals surface area contributed by atoms with Gasteiger partial charge in [0, 0.05) is 45.2 Å². The van der Waals surface area contributed by atoms with E-state index in [0.717, 1.165) is 45.7 Å². The fourth-order valence-corrected chi connectivity index (χ4v) is 1.87. The van der Waals surface area contributed by atoms with Gasteiger partial charge in [0.2, 0.25) is 5.91 Å². The molecule has 0 aliphatic carbocycles. The summed E-state index contributed by atoms with van der Waals surface area (Å²) in [6, 6.07) is 0. The van der Waals surface area contributed by atoms with Gasteiger partial charge in [-0.3, -0.25) is 4.79 Å². The summed E-state index contributed by atoms with van der Waals surface area (Å²) < 4.78 is 0. The number of nitrogens with two attached hydrogens (primary N) is 1. The predicted molar refractivity (Wildman–Crippen MR) is 69.8 cm³/mol. The Kier molecular flexibility index (Phi) is 6.47. The normalized spacial score (nSPS) is 20.2. The van der Waals surface area contributed by atoms with Crippen molar-refractivity contribution in [2.75, 3.05) is 52.9 Å². The van der Waals surface area contributed by atoms with Crippen molar-refractivity contribution in [3.8, 4) is 0 Å². The van der Waals surface area contributed by atoms with E-state index in [1.165, 1.54) is 0 Å². The highest BCUT2D eigenvalue weighted by Crippen LogP contribution is 1.99. The van der Waals surface area contributed by atoms with Crippen LogP contribution in [0.1, 0.15) is 13.3 Å². The number of carbonyl (C=O) groups excluding carboxylic acids is 1. The number of hydrogen-bond acceptors (Lipinski definition) is 4. The largest absolute Gasteiger partial charge is 0.356 e. The molecule has 1 heterocycles. The molecule has 0 aromatic heterocycles. The molecule has 1 atom stereocenters. The van der Waals surface area contributed by atoms with E-state index in [2.05, 4.69) is 22.2 Å². The van der Waals surface area contributed by atoms with Crippen LogP contribution >= 0.6 is 0 Å². The molecule has 0 aromatic carbocycles. The highest BCUT2D eigenvalue weighted by Gasteiger charge is 2.13. The maximum Gasteiger partial charge on any atom is 0.224 e. The van der Waals surface area contributed by atoms with Gasteiger partial charge in [0.1, 0.15) is 0 Å². The molecule has 1 unspecified atom stereocenters. The Morgan fingerprint density at radius 3 is 2.59 bits per heavy atom. The Bertz CT molecular complexity index is 227. The van der Waals surface area contributed by atoms with Crippen LogP contribution < -0.4 is 11.1 Å². The van der Waals surface area contributed by atoms with Crippen LogP contribution in [0.15, 0.2) is 0 Å². The van der Waals surface area contributed by atoms with E-state index in [9.17, 15) is 4.79 Å². The van der Waals surface area contributed by atoms with E-state index >= 15 is 0 Å². The van der Waals surface area contributed by atoms with Gasteiger partial charge >= 0.3 is 0 Å². The highest BCUT2D eigenvalue weighted by atomic mass is 16.1. The maximum atomic E-state index is 11.5. The first-order valence-electron chi connectivity index (χ1n) is 6.52. The molecule has 0 spiro atoms. The van der Waals surface area contributed by atoms with Gasteiger partial charge < -0.3 is 20.9 Å². The number of nitrogens with one attached hydrogen (secondary N) is 1. The topological polar surface area (TPSA) is 61.6 Å². The first kappa shape index (κ1) is 14.4. The van der Waals surface area contributed by atoms with Crippen molar-refractivity contribution in [2.24, 2.45) is 11.7 Å². The van der Waals surface area contributed by atoms with Crippen LogP contribution in [0.25, 0.3) is 0 Å². The van der Waals surface area contributed by atoms with Gasteiger partial charge in [-0.2, -0.15) is 0 Å². The zero-order valence-corrected chi connectivity index (χ0v) is 11.1. The third-order valence-electron chi connectivity index (χ3n) is 3.35. The molecule has 1 fully saturated rings. The van der Waals surface area contributed by atoms with Crippen molar-refractivity contribution in [1.82, 2.24) is 15.1 Å². The lowest BCUT2D eigenvalue weighted by atomic mass is 10.1. The molecule has 5 nitrogen and oxygen atoms in total. The van der Waals surface area contributed by atoms with Crippen LogP contribution in [-0.2, 0) is 4.79 Å². The lowest BCUT2D eigenvalue weighted by Gasteiger charge is -2.32. The second-order valence-electron chi connectivity index (χ2n) is 4.93. The third kappa shape index (κ3) is 5.48. The smallest absolute Gasteiger partial charge is 0.224 e. The van der Waals surface area contributed by atoms with Gasteiger partial charge in [-0.25, -0.2) is 0 Å². The Balaban J connectivity index is 2.02. The monoisotopic (exact) mass is 242 g/mol. The average molecular weight is 242 g/mol. The molecule has 1 rings (SSSR count). The van der Waals surface area contributed by atoms with Gasteiger partial charge in [-0.1, -0.05) is 6.92 Å². The number of rotatable bonds is 6. The fourth-order valence-electron chi connectivity index (χ4n) is 1.87. The summed E-state index contributed by atoms with van der Waals surface area (Å²) in [7, 11) is 2.16. The fraction of sp³-hybridized carbons (Fsp3) is 0.917. The van der Waals surface area contributed by atoms with Crippen LogP contribution in [0.5, 0.6) is 0 Å². The van der Waals surface area contributed by atoms with Gasteiger partial charge in [0.25, 0.3) is 0 Å². The molecule has 1 aliphatic heterocycles. The van der Waals surface area contributed by atoms with Crippen LogP contribution in [0.3, 0.4) is 0 Å². The number of likely N-dealkylation sites (N-methyl/N-ethyl adjacent to an activating group) is 1. The second kappa shape index (κ2) is 7.63. The van der Waals surface area contributed by atoms with E-state index in [0.29, 0.717) is 6.54 Å². The second-order valence-corrected chi connectivity index (χ2v) is 4.93. The van der Waals surface area contributed by atoms with E-state index in [-0.39, 0.29) is 11.8 Å². The van der Waals surface area contributed by atoms with E-state index in [1.54, 1.807) is 0 Å². The molecular formula is C12H26N4O. The molecular weight excluding hydrogens is 216 g/mol. The molecule has 0 saturated carbocycles. The number of hydrogen-bond donors (Lipinski definition) is 2. The molecule has 3 N–H and O–H groups in total. The van der Waals surface area contributed by atoms with E-state index in [4.69, 9.17) is 5.73 Å². The van der Waals surface area contributed by atoms with Crippen LogP contribution in [-0.4, -0.2) is 68.6 Å². The Hall–Kier alpha value is -0.650. The van der Waals surface area contributed by atoms with Crippen molar-refractivity contribution in [3.05, 3.63) is 0 Å². The standard InChI is InChI=1S/C12H26N4O/c1-11(10-13)12(17)14-4-3-5-16-8-6-15(2)7-9-16/h11H,3-10,13H2,1-2H3,(H,14,17). The Morgan fingerprint density at radius 2 is 2.00 bits per heavy atom. The van der Waals surface area contributed by atoms with Crippen molar-refractivity contribution in [1.29, 1.82) is 0 Å². The van der Waals surface area contributed by atoms with Crippen LogP contribution in [0, 0.1) is 5.92 Å². The Labute approximate surface area is 104 Å². The summed E-state index contributed by atoms with van der Waals surface area (Å²) in [6.45, 7) is 8.70. The average Bonchev–Trinajstić information content (AvgIpc) is 2.35. The van der Waals surface area contributed by atoms with Gasteiger partial charge in [-0.05, 0) is 20.0 Å². The zero-order chi connectivity index (χ0) is 12.7. The molecule has 0 radical (unpaired) electrons. The van der Waals surface area contributed by atoms with Crippen molar-refractivity contribution in [3.63, 3.8) is 0 Å². The number of carbonyl (C=O) groups is 1. The minimum atomic E-state index is -0.0707. The molecule has 1 aliphatic rings. The van der Waals surface area contributed by atoms with Gasteiger partial charge in [0.15, 0.2) is 0 Å². The minimum absolute atomic E-state index is 0.0707. The summed E-state index contributed by atoms with van der Waals surface area (Å²) in [5, 5.41) is 2.93. The molecule has 17 heavy (non-hydrogen) atoms. The first-order valence-corrected chi connectivity index (χ1v) is 6.52. The Morgan fingerprint density at radius 1 is 1.35 bits per heavy atom. The van der Waals surface area contributed by atoms with Gasteiger partial charge in [-0.15, -0.1) is 0 Å². The summed E-state index contributed by atoms with van der Waals surface area (Å²) >= 11 is 0. The summed E-state index contributed by atoms with van der Waals surface area (Å²) in [6.07, 6.45) is 1.02. The van der Waals surface area contributed by atoms with Crippen LogP contribution in [0.4, 0.5) is 0 Å². The molecule has 1 saturated heterocycles. The quantitative estimate of drug-likeness (QED) is 0.607. The molecule has 5 heteroatoms. The summed E-state index contributed by atoms with van der Waals surface area (Å²) in [5.41, 5.74) is 5.43. The zero-order valence-electron chi connectivity index (χ0n) is 11.1. The summed E-state index contributed by atoms with van der Waals surface area (Å²) in [5.74, 6) is 0.00418. The maximum absolute atomic E-state index is 11.5. The molecule has 1 amide bonds. The highest BCUT2D eigenvalue weighted by molar-refractivity contribution is 5.78. The summed E-state index contributed by atoms with van der Waals surface area (Å²) in [4.78, 5) is 16.3. The molecule has 0 aromatic rings. The SMILES string of the molecule is CC(CN)C(=O)NCCCN1CCN(C)CC1. The predicted octanol–water partition coefficient (Wildman–Crippen LogP) is -0.665. The lowest BCUT2D eigenvalue weighted by molar-refractivity contribution is -0.124. The molecule has 100 valence electrons. The van der Waals surface area contributed by atoms with E-state index < -0.39 is 0 Å². The lowest BCUT2D eigenvalue weighted by Crippen LogP contribution is -2.45. The number of piperazine rings is 1. The third-order valence-corrected chi connectivity index (χ3v) is 3.35. The number of nitrogens with zero attached hydrogens (tertiary/aromatic N) is 2. The van der Waals surface area contributed by atoms with Gasteiger partial charge in [0.05, 0.1) is 0 Å². The first-order chi connectivity index (χ1) is 8.13. The van der Waals surface area contributed by atoms with Crippen LogP contribution in [0.2, 0.25) is 0 Å². The van der Waals surface area contributed by atoms with Crippen molar-refractivity contribution in [2.45, 2.75) is 13.3 Å². The van der Waals surface area contributed by atoms with Crippen molar-refractivity contribution < 1.29 is 4.79 Å². The molecule has 0 bridgehead atoms. The number of amides is 1.